The van der Waals surface area contributed by atoms with Gasteiger partial charge in [0.05, 0.1) is 0 Å². The fourth-order valence-electron chi connectivity index (χ4n) is 3.46. The zero-order valence-corrected chi connectivity index (χ0v) is 12.8. The van der Waals surface area contributed by atoms with Crippen molar-refractivity contribution in [1.29, 1.82) is 0 Å². The lowest BCUT2D eigenvalue weighted by Crippen LogP contribution is -2.32. The van der Waals surface area contributed by atoms with E-state index in [1.165, 1.54) is 16.3 Å². The molecule has 0 spiro atoms. The minimum atomic E-state index is 0.0901. The summed E-state index contributed by atoms with van der Waals surface area (Å²) in [7, 11) is 0. The van der Waals surface area contributed by atoms with Gasteiger partial charge < -0.3 is 5.32 Å². The predicted molar refractivity (Wildman–Crippen MR) is 91.2 cm³/mol. The van der Waals surface area contributed by atoms with Gasteiger partial charge in [0.25, 0.3) is 0 Å². The van der Waals surface area contributed by atoms with Crippen LogP contribution in [0.5, 0.6) is 0 Å². The summed E-state index contributed by atoms with van der Waals surface area (Å²) < 4.78 is 0. The van der Waals surface area contributed by atoms with Gasteiger partial charge in [0.1, 0.15) is 0 Å². The van der Waals surface area contributed by atoms with Crippen molar-refractivity contribution in [2.24, 2.45) is 0 Å². The third-order valence-corrected chi connectivity index (χ3v) is 4.57. The zero-order chi connectivity index (χ0) is 15.6. The molecule has 2 heterocycles. The topological polar surface area (TPSA) is 42.0 Å². The first-order valence-corrected chi connectivity index (χ1v) is 8.00. The summed E-state index contributed by atoms with van der Waals surface area (Å²) in [5, 5.41) is 5.57. The molecule has 114 valence electrons. The van der Waals surface area contributed by atoms with Crippen molar-refractivity contribution in [2.75, 3.05) is 0 Å². The highest BCUT2D eigenvalue weighted by molar-refractivity contribution is 5.83. The number of hydrogen-bond acceptors (Lipinski definition) is 2. The average Bonchev–Trinajstić information content (AvgIpc) is 3.02. The first-order valence-electron chi connectivity index (χ1n) is 8.00. The number of hydrogen-bond donors (Lipinski definition) is 1. The number of benzene rings is 2. The van der Waals surface area contributed by atoms with Crippen LogP contribution in [0, 0.1) is 0 Å². The lowest BCUT2D eigenvalue weighted by Gasteiger charge is -2.24. The Hall–Kier alpha value is -2.68. The lowest BCUT2D eigenvalue weighted by atomic mass is 9.86. The van der Waals surface area contributed by atoms with Crippen LogP contribution in [0.4, 0.5) is 0 Å². The molecule has 1 aliphatic heterocycles. The second-order valence-electron chi connectivity index (χ2n) is 6.05. The van der Waals surface area contributed by atoms with Crippen molar-refractivity contribution < 1.29 is 4.79 Å². The molecule has 3 heteroatoms. The Morgan fingerprint density at radius 1 is 1.00 bits per heavy atom. The SMILES string of the molecule is O=C1CC[C@H]([C@@H](c2ccc3ccccc3c2)c2ccccn2)N1. The molecule has 0 saturated carbocycles. The molecule has 0 radical (unpaired) electrons. The summed E-state index contributed by atoms with van der Waals surface area (Å²) in [4.78, 5) is 16.3. The number of fused-ring (bicyclic) bond motifs is 1. The van der Waals surface area contributed by atoms with E-state index >= 15 is 0 Å². The fourth-order valence-corrected chi connectivity index (χ4v) is 3.46. The standard InChI is InChI=1S/C20H18N2O/c23-19-11-10-18(22-19)20(17-7-3-4-12-21-17)16-9-8-14-5-1-2-6-15(14)13-16/h1-9,12-13,18,20H,10-11H2,(H,22,23)/t18-,20+/m1/s1. The quantitative estimate of drug-likeness (QED) is 0.802. The summed E-state index contributed by atoms with van der Waals surface area (Å²) in [6.07, 6.45) is 3.27. The maximum Gasteiger partial charge on any atom is 0.220 e. The predicted octanol–water partition coefficient (Wildman–Crippen LogP) is 3.65. The van der Waals surface area contributed by atoms with Crippen LogP contribution in [0.25, 0.3) is 10.8 Å². The van der Waals surface area contributed by atoms with Gasteiger partial charge in [0, 0.05) is 30.3 Å². The van der Waals surface area contributed by atoms with Crippen molar-refractivity contribution >= 4 is 16.7 Å². The number of carbonyl (C=O) groups excluding carboxylic acids is 1. The van der Waals surface area contributed by atoms with Crippen LogP contribution < -0.4 is 5.32 Å². The molecule has 23 heavy (non-hydrogen) atoms. The number of nitrogens with zero attached hydrogens (tertiary/aromatic N) is 1. The van der Waals surface area contributed by atoms with Crippen LogP contribution in [0.15, 0.2) is 66.9 Å². The summed E-state index contributed by atoms with van der Waals surface area (Å²) >= 11 is 0. The molecule has 0 aliphatic carbocycles. The van der Waals surface area contributed by atoms with Crippen molar-refractivity contribution in [3.8, 4) is 0 Å². The molecule has 0 bridgehead atoms. The molecule has 1 saturated heterocycles. The molecule has 2 atom stereocenters. The number of rotatable bonds is 3. The van der Waals surface area contributed by atoms with E-state index in [1.54, 1.807) is 0 Å². The molecular formula is C20H18N2O. The summed E-state index contributed by atoms with van der Waals surface area (Å²) in [6, 6.07) is 21.0. The summed E-state index contributed by atoms with van der Waals surface area (Å²) in [6.45, 7) is 0. The Morgan fingerprint density at radius 3 is 2.57 bits per heavy atom. The molecule has 3 aromatic rings. The van der Waals surface area contributed by atoms with Crippen LogP contribution in [0.2, 0.25) is 0 Å². The van der Waals surface area contributed by atoms with Crippen molar-refractivity contribution in [1.82, 2.24) is 10.3 Å². The molecule has 1 aromatic heterocycles. The first kappa shape index (κ1) is 13.9. The van der Waals surface area contributed by atoms with E-state index in [-0.39, 0.29) is 17.9 Å². The second kappa shape index (κ2) is 5.84. The molecule has 0 unspecified atom stereocenters. The van der Waals surface area contributed by atoms with Crippen LogP contribution >= 0.6 is 0 Å². The van der Waals surface area contributed by atoms with Gasteiger partial charge in [0.15, 0.2) is 0 Å². The van der Waals surface area contributed by atoms with Crippen LogP contribution in [0.1, 0.15) is 30.0 Å². The molecule has 4 rings (SSSR count). The van der Waals surface area contributed by atoms with Gasteiger partial charge in [-0.2, -0.15) is 0 Å². The molecule has 1 amide bonds. The van der Waals surface area contributed by atoms with E-state index < -0.39 is 0 Å². The van der Waals surface area contributed by atoms with Gasteiger partial charge >= 0.3 is 0 Å². The maximum atomic E-state index is 11.7. The van der Waals surface area contributed by atoms with Gasteiger partial charge in [-0.25, -0.2) is 0 Å². The Morgan fingerprint density at radius 2 is 1.83 bits per heavy atom. The Balaban J connectivity index is 1.81. The lowest BCUT2D eigenvalue weighted by molar-refractivity contribution is -0.119. The van der Waals surface area contributed by atoms with Crippen LogP contribution in [-0.4, -0.2) is 16.9 Å². The molecule has 1 fully saturated rings. The number of pyridine rings is 1. The number of nitrogens with one attached hydrogen (secondary N) is 1. The highest BCUT2D eigenvalue weighted by Crippen LogP contribution is 2.32. The molecule has 1 N–H and O–H groups in total. The van der Waals surface area contributed by atoms with Crippen molar-refractivity contribution in [2.45, 2.75) is 24.8 Å². The van der Waals surface area contributed by atoms with Crippen molar-refractivity contribution in [3.05, 3.63) is 78.1 Å². The second-order valence-corrected chi connectivity index (χ2v) is 6.05. The van der Waals surface area contributed by atoms with Crippen molar-refractivity contribution in [3.63, 3.8) is 0 Å². The fraction of sp³-hybridized carbons (Fsp3) is 0.200. The number of carbonyl (C=O) groups is 1. The third-order valence-electron chi connectivity index (χ3n) is 4.57. The van der Waals surface area contributed by atoms with Gasteiger partial charge in [-0.05, 0) is 34.9 Å². The van der Waals surface area contributed by atoms with E-state index in [2.05, 4.69) is 52.8 Å². The minimum Gasteiger partial charge on any atom is -0.352 e. The smallest absolute Gasteiger partial charge is 0.220 e. The van der Waals surface area contributed by atoms with E-state index in [4.69, 9.17) is 0 Å². The molecule has 3 nitrogen and oxygen atoms in total. The number of aromatic nitrogens is 1. The summed E-state index contributed by atoms with van der Waals surface area (Å²) in [5.74, 6) is 0.226. The number of amides is 1. The monoisotopic (exact) mass is 302 g/mol. The van der Waals surface area contributed by atoms with Crippen LogP contribution in [0.3, 0.4) is 0 Å². The third kappa shape index (κ3) is 2.70. The van der Waals surface area contributed by atoms with Gasteiger partial charge in [-0.3, -0.25) is 9.78 Å². The van der Waals surface area contributed by atoms with Gasteiger partial charge in [0.2, 0.25) is 5.91 Å². The highest BCUT2D eigenvalue weighted by Gasteiger charge is 2.31. The van der Waals surface area contributed by atoms with E-state index in [0.29, 0.717) is 6.42 Å². The molecular weight excluding hydrogens is 284 g/mol. The maximum absolute atomic E-state index is 11.7. The van der Waals surface area contributed by atoms with Crippen LogP contribution in [-0.2, 0) is 4.79 Å². The highest BCUT2D eigenvalue weighted by atomic mass is 16.1. The molecule has 1 aliphatic rings. The molecule has 2 aromatic carbocycles. The van der Waals surface area contributed by atoms with Gasteiger partial charge in [-0.15, -0.1) is 0 Å². The largest absolute Gasteiger partial charge is 0.352 e. The minimum absolute atomic E-state index is 0.0901. The first-order chi connectivity index (χ1) is 11.3. The van der Waals surface area contributed by atoms with Gasteiger partial charge in [-0.1, -0.05) is 48.5 Å². The van der Waals surface area contributed by atoms with E-state index in [0.717, 1.165) is 12.1 Å². The normalized spacial score (nSPS) is 18.8. The zero-order valence-electron chi connectivity index (χ0n) is 12.8. The Labute approximate surface area is 135 Å². The Bertz CT molecular complexity index is 844. The van der Waals surface area contributed by atoms with E-state index in [1.807, 2.05) is 24.4 Å². The Kier molecular flexibility index (Phi) is 3.54. The average molecular weight is 302 g/mol. The van der Waals surface area contributed by atoms with E-state index in [9.17, 15) is 4.79 Å². The summed E-state index contributed by atoms with van der Waals surface area (Å²) in [5.41, 5.74) is 2.21.